The van der Waals surface area contributed by atoms with Gasteiger partial charge in [0.2, 0.25) is 0 Å². The van der Waals surface area contributed by atoms with Gasteiger partial charge in [0, 0.05) is 31.7 Å². The molecule has 3 nitrogen and oxygen atoms in total. The topological polar surface area (TPSA) is 35.5 Å². The Hall–Kier alpha value is -1.06. The Balaban J connectivity index is 1.80. The number of phenols is 1. The molecule has 2 heterocycles. The van der Waals surface area contributed by atoms with Crippen LogP contribution in [0, 0.1) is 11.8 Å². The summed E-state index contributed by atoms with van der Waals surface area (Å²) in [5.74, 6) is 1.67. The van der Waals surface area contributed by atoms with Gasteiger partial charge in [0.1, 0.15) is 5.75 Å². The third-order valence-electron chi connectivity index (χ3n) is 6.13. The first-order chi connectivity index (χ1) is 10.4. The van der Waals surface area contributed by atoms with Gasteiger partial charge in [-0.1, -0.05) is 39.8 Å². The van der Waals surface area contributed by atoms with Gasteiger partial charge < -0.3 is 10.4 Å². The fourth-order valence-electron chi connectivity index (χ4n) is 4.26. The van der Waals surface area contributed by atoms with Crippen LogP contribution in [-0.4, -0.2) is 41.7 Å². The third kappa shape index (κ3) is 2.77. The summed E-state index contributed by atoms with van der Waals surface area (Å²) in [6.45, 7) is 12.8. The van der Waals surface area contributed by atoms with Gasteiger partial charge in [-0.05, 0) is 41.4 Å². The fraction of sp³-hybridized carbons (Fsp3) is 0.684. The molecule has 0 aromatic heterocycles. The van der Waals surface area contributed by atoms with Crippen molar-refractivity contribution in [1.29, 1.82) is 0 Å². The minimum absolute atomic E-state index is 0.145. The molecule has 3 unspecified atom stereocenters. The second kappa shape index (κ2) is 5.86. The van der Waals surface area contributed by atoms with Gasteiger partial charge >= 0.3 is 0 Å². The van der Waals surface area contributed by atoms with Gasteiger partial charge in [-0.15, -0.1) is 0 Å². The van der Waals surface area contributed by atoms with Crippen LogP contribution in [-0.2, 0) is 5.41 Å². The molecule has 0 spiro atoms. The number of nitrogens with one attached hydrogen (secondary N) is 1. The van der Waals surface area contributed by atoms with E-state index in [4.69, 9.17) is 0 Å². The highest BCUT2D eigenvalue weighted by Gasteiger charge is 2.44. The predicted octanol–water partition coefficient (Wildman–Crippen LogP) is 2.99. The minimum atomic E-state index is 0.145. The van der Waals surface area contributed by atoms with E-state index in [2.05, 4.69) is 44.0 Å². The van der Waals surface area contributed by atoms with Crippen LogP contribution in [0.3, 0.4) is 0 Å². The molecule has 2 N–H and O–H groups in total. The van der Waals surface area contributed by atoms with E-state index in [1.54, 1.807) is 6.07 Å². The number of piperidine rings is 1. The lowest BCUT2D eigenvalue weighted by Gasteiger charge is -2.53. The van der Waals surface area contributed by atoms with Gasteiger partial charge in [-0.3, -0.25) is 4.90 Å². The van der Waals surface area contributed by atoms with Crippen molar-refractivity contribution in [1.82, 2.24) is 10.2 Å². The summed E-state index contributed by atoms with van der Waals surface area (Å²) in [4.78, 5) is 2.69. The Morgan fingerprint density at radius 1 is 1.32 bits per heavy atom. The Kier molecular flexibility index (Phi) is 4.21. The van der Waals surface area contributed by atoms with E-state index in [1.165, 1.54) is 12.1 Å². The van der Waals surface area contributed by atoms with Gasteiger partial charge in [0.05, 0.1) is 0 Å². The molecule has 0 saturated carbocycles. The largest absolute Gasteiger partial charge is 0.508 e. The summed E-state index contributed by atoms with van der Waals surface area (Å²) in [6.07, 6.45) is 1.16. The van der Waals surface area contributed by atoms with Crippen molar-refractivity contribution >= 4 is 0 Å². The van der Waals surface area contributed by atoms with Crippen LogP contribution >= 0.6 is 0 Å². The van der Waals surface area contributed by atoms with Crippen molar-refractivity contribution in [2.75, 3.05) is 19.6 Å². The van der Waals surface area contributed by atoms with E-state index in [9.17, 15) is 5.11 Å². The molecular weight excluding hydrogens is 272 g/mol. The lowest BCUT2D eigenvalue weighted by Crippen LogP contribution is -2.64. The monoisotopic (exact) mass is 302 g/mol. The molecule has 0 radical (unpaired) electrons. The zero-order chi connectivity index (χ0) is 15.9. The van der Waals surface area contributed by atoms with E-state index < -0.39 is 0 Å². The molecule has 122 valence electrons. The predicted molar refractivity (Wildman–Crippen MR) is 91.2 cm³/mol. The molecule has 0 bridgehead atoms. The number of hydrogen-bond donors (Lipinski definition) is 2. The van der Waals surface area contributed by atoms with Crippen molar-refractivity contribution in [3.63, 3.8) is 0 Å². The molecule has 2 aliphatic rings. The van der Waals surface area contributed by atoms with Crippen LogP contribution in [0.15, 0.2) is 24.3 Å². The maximum absolute atomic E-state index is 9.85. The Morgan fingerprint density at radius 3 is 2.77 bits per heavy atom. The van der Waals surface area contributed by atoms with Gasteiger partial charge in [0.25, 0.3) is 0 Å². The molecule has 22 heavy (non-hydrogen) atoms. The van der Waals surface area contributed by atoms with Crippen LogP contribution in [0.25, 0.3) is 0 Å². The van der Waals surface area contributed by atoms with Gasteiger partial charge in [-0.25, -0.2) is 0 Å². The van der Waals surface area contributed by atoms with E-state index in [-0.39, 0.29) is 5.41 Å². The number of piperazine rings is 1. The highest BCUT2D eigenvalue weighted by molar-refractivity contribution is 5.34. The van der Waals surface area contributed by atoms with Crippen molar-refractivity contribution in [2.24, 2.45) is 11.8 Å². The van der Waals surface area contributed by atoms with E-state index >= 15 is 0 Å². The summed E-state index contributed by atoms with van der Waals surface area (Å²) in [6, 6.07) is 9.11. The lowest BCUT2D eigenvalue weighted by molar-refractivity contribution is 0.0177. The summed E-state index contributed by atoms with van der Waals surface area (Å²) < 4.78 is 0. The Labute approximate surface area is 134 Å². The van der Waals surface area contributed by atoms with Gasteiger partial charge in [-0.2, -0.15) is 0 Å². The van der Waals surface area contributed by atoms with E-state index in [1.807, 2.05) is 12.1 Å². The molecule has 0 amide bonds. The van der Waals surface area contributed by atoms with Crippen LogP contribution in [0.5, 0.6) is 5.75 Å². The van der Waals surface area contributed by atoms with E-state index in [0.29, 0.717) is 29.7 Å². The van der Waals surface area contributed by atoms with Crippen LogP contribution < -0.4 is 5.32 Å². The first kappa shape index (κ1) is 15.8. The number of hydrogen-bond acceptors (Lipinski definition) is 3. The number of benzene rings is 1. The van der Waals surface area contributed by atoms with Crippen molar-refractivity contribution in [2.45, 2.75) is 51.6 Å². The molecule has 3 heteroatoms. The maximum Gasteiger partial charge on any atom is 0.115 e. The SMILES string of the molecule is CC(C)C1CN2CC(C)[C@](C)(c3cccc(O)c3)CC2CN1. The van der Waals surface area contributed by atoms with Crippen molar-refractivity contribution in [3.05, 3.63) is 29.8 Å². The standard InChI is InChI=1S/C19H30N2O/c1-13(2)18-12-21-11-14(3)19(4,9-16(21)10-20-18)15-6-5-7-17(22)8-15/h5-8,13-14,16,18,20,22H,9-12H2,1-4H3/t14?,16?,18?,19-/m1/s1. The number of nitrogens with zero attached hydrogens (tertiary/aromatic N) is 1. The zero-order valence-electron chi connectivity index (χ0n) is 14.3. The second-order valence-corrected chi connectivity index (χ2v) is 7.94. The normalized spacial score (nSPS) is 36.3. The first-order valence-corrected chi connectivity index (χ1v) is 8.67. The number of phenolic OH excluding ortho intramolecular Hbond substituents is 1. The summed E-state index contributed by atoms with van der Waals surface area (Å²) >= 11 is 0. The molecule has 4 atom stereocenters. The third-order valence-corrected chi connectivity index (χ3v) is 6.13. The van der Waals surface area contributed by atoms with E-state index in [0.717, 1.165) is 19.5 Å². The maximum atomic E-state index is 9.85. The quantitative estimate of drug-likeness (QED) is 0.881. The summed E-state index contributed by atoms with van der Waals surface area (Å²) in [5, 5.41) is 13.6. The van der Waals surface area contributed by atoms with Crippen LogP contribution in [0.2, 0.25) is 0 Å². The molecular formula is C19H30N2O. The van der Waals surface area contributed by atoms with Gasteiger partial charge in [0.15, 0.2) is 0 Å². The minimum Gasteiger partial charge on any atom is -0.508 e. The highest BCUT2D eigenvalue weighted by Crippen LogP contribution is 2.43. The van der Waals surface area contributed by atoms with Crippen LogP contribution in [0.1, 0.15) is 39.7 Å². The molecule has 0 aliphatic carbocycles. The second-order valence-electron chi connectivity index (χ2n) is 7.94. The number of aromatic hydroxyl groups is 1. The van der Waals surface area contributed by atoms with Crippen LogP contribution in [0.4, 0.5) is 0 Å². The average molecular weight is 302 g/mol. The highest BCUT2D eigenvalue weighted by atomic mass is 16.3. The first-order valence-electron chi connectivity index (χ1n) is 8.67. The molecule has 2 fully saturated rings. The molecule has 2 saturated heterocycles. The number of fused-ring (bicyclic) bond motifs is 1. The smallest absolute Gasteiger partial charge is 0.115 e. The fourth-order valence-corrected chi connectivity index (χ4v) is 4.26. The molecule has 1 aromatic carbocycles. The summed E-state index contributed by atoms with van der Waals surface area (Å²) in [5.41, 5.74) is 1.43. The average Bonchev–Trinajstić information content (AvgIpc) is 2.48. The molecule has 1 aromatic rings. The molecule has 3 rings (SSSR count). The summed E-state index contributed by atoms with van der Waals surface area (Å²) in [7, 11) is 0. The number of rotatable bonds is 2. The lowest BCUT2D eigenvalue weighted by atomic mass is 9.65. The Morgan fingerprint density at radius 2 is 2.09 bits per heavy atom. The zero-order valence-corrected chi connectivity index (χ0v) is 14.3. The Bertz CT molecular complexity index is 530. The van der Waals surface area contributed by atoms with Crippen molar-refractivity contribution < 1.29 is 5.11 Å². The molecule has 2 aliphatic heterocycles. The van der Waals surface area contributed by atoms with Crippen molar-refractivity contribution in [3.8, 4) is 5.75 Å².